The predicted molar refractivity (Wildman–Crippen MR) is 132 cm³/mol. The van der Waals surface area contributed by atoms with Gasteiger partial charge in [0.05, 0.1) is 17.1 Å². The Morgan fingerprint density at radius 1 is 0.906 bits per heavy atom. The molecule has 0 aromatic heterocycles. The summed E-state index contributed by atoms with van der Waals surface area (Å²) in [7, 11) is 9.42. The Morgan fingerprint density at radius 3 is 1.66 bits per heavy atom. The first kappa shape index (κ1) is 30.2. The van der Waals surface area contributed by atoms with Crippen molar-refractivity contribution in [1.82, 2.24) is 14.7 Å². The van der Waals surface area contributed by atoms with Gasteiger partial charge in [0.15, 0.2) is 0 Å². The number of benzene rings is 1. The normalized spacial score (nSPS) is 14.6. The number of carbonyl (C=O) groups is 2. The molecule has 2 N–H and O–H groups in total. The van der Waals surface area contributed by atoms with E-state index in [1.807, 2.05) is 38.0 Å². The van der Waals surface area contributed by atoms with Gasteiger partial charge >= 0.3 is 11.9 Å². The number of hydrogen-bond acceptors (Lipinski definition) is 5. The van der Waals surface area contributed by atoms with Gasteiger partial charge in [0.1, 0.15) is 0 Å². The molecule has 2 rings (SSSR count). The number of rotatable bonds is 9. The third kappa shape index (κ3) is 6.86. The van der Waals surface area contributed by atoms with E-state index in [9.17, 15) is 19.8 Å². The van der Waals surface area contributed by atoms with Crippen molar-refractivity contribution < 1.29 is 19.8 Å². The minimum Gasteiger partial charge on any atom is -0.478 e. The summed E-state index contributed by atoms with van der Waals surface area (Å²) >= 11 is 6.42. The van der Waals surface area contributed by atoms with Crippen LogP contribution in [0.5, 0.6) is 0 Å². The van der Waals surface area contributed by atoms with Gasteiger partial charge in [-0.05, 0) is 39.8 Å². The van der Waals surface area contributed by atoms with Crippen LogP contribution in [0.2, 0.25) is 5.02 Å². The number of aliphatic carboxylic acids is 2. The van der Waals surface area contributed by atoms with E-state index in [1.165, 1.54) is 0 Å². The van der Waals surface area contributed by atoms with Crippen molar-refractivity contribution in [3.8, 4) is 0 Å². The monoisotopic (exact) mass is 507 g/mol. The summed E-state index contributed by atoms with van der Waals surface area (Å²) in [6.45, 7) is 1.27. The molecule has 1 aliphatic heterocycles. The van der Waals surface area contributed by atoms with Crippen molar-refractivity contribution in [3.05, 3.63) is 57.4 Å². The van der Waals surface area contributed by atoms with Crippen molar-refractivity contribution in [2.45, 2.75) is 18.8 Å². The maximum atomic E-state index is 12.4. The summed E-state index contributed by atoms with van der Waals surface area (Å²) in [5, 5.41) is 20.7. The van der Waals surface area contributed by atoms with E-state index in [4.69, 9.17) is 11.6 Å². The first-order valence-corrected chi connectivity index (χ1v) is 10.1. The molecule has 1 heterocycles. The Balaban J connectivity index is 0.00000480. The summed E-state index contributed by atoms with van der Waals surface area (Å²) < 4.78 is 0. The molecule has 0 radical (unpaired) electrons. The van der Waals surface area contributed by atoms with Crippen LogP contribution in [0, 0.1) is 0 Å². The van der Waals surface area contributed by atoms with Gasteiger partial charge in [-0.1, -0.05) is 29.8 Å². The van der Waals surface area contributed by atoms with E-state index in [1.54, 1.807) is 36.2 Å². The van der Waals surface area contributed by atoms with Crippen LogP contribution in [-0.4, -0.2) is 85.2 Å². The molecule has 32 heavy (non-hydrogen) atoms. The van der Waals surface area contributed by atoms with Gasteiger partial charge in [0.2, 0.25) is 0 Å². The zero-order chi connectivity index (χ0) is 22.6. The first-order valence-electron chi connectivity index (χ1n) is 9.76. The van der Waals surface area contributed by atoms with Crippen LogP contribution >= 0.6 is 36.4 Å². The van der Waals surface area contributed by atoms with Crippen LogP contribution in [0.25, 0.3) is 0 Å². The van der Waals surface area contributed by atoms with Crippen molar-refractivity contribution in [1.29, 1.82) is 0 Å². The Morgan fingerprint density at radius 2 is 1.31 bits per heavy atom. The van der Waals surface area contributed by atoms with Crippen molar-refractivity contribution in [2.75, 3.05) is 48.3 Å². The Labute approximate surface area is 207 Å². The molecule has 0 fully saturated rings. The average molecular weight is 509 g/mol. The zero-order valence-electron chi connectivity index (χ0n) is 19.0. The standard InChI is InChI=1S/C22H30ClN3O4.2ClH/c1-24(2)12-10-16-19(21(27)28)18(14-8-6-7-9-15(14)23)20(22(29)30)17(26(16)5)11-13-25(3)4;;/h6-9,18H,10-13H2,1-5H3,(H,27,28)(H,29,30);2*1H. The van der Waals surface area contributed by atoms with Gasteiger partial charge in [-0.25, -0.2) is 9.59 Å². The fraction of sp³-hybridized carbons (Fsp3) is 0.455. The highest BCUT2D eigenvalue weighted by molar-refractivity contribution is 6.31. The molecule has 0 saturated heterocycles. The van der Waals surface area contributed by atoms with Crippen LogP contribution in [0.1, 0.15) is 24.3 Å². The predicted octanol–water partition coefficient (Wildman–Crippen LogP) is 3.79. The second-order valence-corrected chi connectivity index (χ2v) is 8.36. The molecular weight excluding hydrogens is 477 g/mol. The minimum atomic E-state index is -1.13. The highest BCUT2D eigenvalue weighted by atomic mass is 35.5. The summed E-state index contributed by atoms with van der Waals surface area (Å²) in [6, 6.07) is 6.86. The van der Waals surface area contributed by atoms with Crippen molar-refractivity contribution in [2.24, 2.45) is 0 Å². The fourth-order valence-electron chi connectivity index (χ4n) is 3.78. The second-order valence-electron chi connectivity index (χ2n) is 7.95. The number of hydrogen-bond donors (Lipinski definition) is 2. The molecule has 0 amide bonds. The van der Waals surface area contributed by atoms with Crippen LogP contribution in [-0.2, 0) is 9.59 Å². The number of carboxylic acid groups (broad SMARTS) is 2. The van der Waals surface area contributed by atoms with E-state index >= 15 is 0 Å². The fourth-order valence-corrected chi connectivity index (χ4v) is 4.02. The molecule has 0 aliphatic carbocycles. The third-order valence-corrected chi connectivity index (χ3v) is 5.62. The van der Waals surface area contributed by atoms with Crippen LogP contribution < -0.4 is 0 Å². The molecule has 0 spiro atoms. The molecule has 180 valence electrons. The molecule has 0 bridgehead atoms. The summed E-state index contributed by atoms with van der Waals surface area (Å²) in [4.78, 5) is 30.6. The van der Waals surface area contributed by atoms with Crippen LogP contribution in [0.3, 0.4) is 0 Å². The van der Waals surface area contributed by atoms with E-state index in [0.29, 0.717) is 47.9 Å². The lowest BCUT2D eigenvalue weighted by Crippen LogP contribution is -2.36. The molecule has 1 aromatic rings. The van der Waals surface area contributed by atoms with E-state index in [-0.39, 0.29) is 36.0 Å². The van der Waals surface area contributed by atoms with Crippen molar-refractivity contribution >= 4 is 48.4 Å². The Kier molecular flexibility index (Phi) is 12.3. The van der Waals surface area contributed by atoms with Gasteiger partial charge in [0, 0.05) is 49.4 Å². The van der Waals surface area contributed by atoms with Crippen LogP contribution in [0.15, 0.2) is 46.8 Å². The topological polar surface area (TPSA) is 84.3 Å². The number of carboxylic acids is 2. The summed E-state index contributed by atoms with van der Waals surface area (Å²) in [5.41, 5.74) is 1.85. The summed E-state index contributed by atoms with van der Waals surface area (Å²) in [5.74, 6) is -3.21. The van der Waals surface area contributed by atoms with Gasteiger partial charge in [-0.15, -0.1) is 24.8 Å². The third-order valence-electron chi connectivity index (χ3n) is 5.28. The summed E-state index contributed by atoms with van der Waals surface area (Å²) in [6.07, 6.45) is 0.953. The smallest absolute Gasteiger partial charge is 0.334 e. The molecule has 1 aliphatic rings. The SMILES string of the molecule is CN(C)CCC1=C(C(=O)O)C(c2ccccc2Cl)C(C(=O)O)=C(CCN(C)C)N1C.Cl.Cl. The van der Waals surface area contributed by atoms with Gasteiger partial charge < -0.3 is 24.9 Å². The highest BCUT2D eigenvalue weighted by Gasteiger charge is 2.41. The first-order chi connectivity index (χ1) is 14.1. The number of nitrogens with zero attached hydrogens (tertiary/aromatic N) is 3. The molecule has 7 nitrogen and oxygen atoms in total. The van der Waals surface area contributed by atoms with Gasteiger partial charge in [-0.3, -0.25) is 0 Å². The lowest BCUT2D eigenvalue weighted by Gasteiger charge is -2.38. The molecule has 0 atom stereocenters. The molecule has 0 unspecified atom stereocenters. The Hall–Kier alpha value is -1.77. The van der Waals surface area contributed by atoms with Gasteiger partial charge in [0.25, 0.3) is 0 Å². The lowest BCUT2D eigenvalue weighted by atomic mass is 9.78. The molecule has 10 heteroatoms. The quantitative estimate of drug-likeness (QED) is 0.525. The molecular formula is C22H32Cl3N3O4. The maximum Gasteiger partial charge on any atom is 0.334 e. The van der Waals surface area contributed by atoms with Crippen LogP contribution in [0.4, 0.5) is 0 Å². The largest absolute Gasteiger partial charge is 0.478 e. The molecule has 1 aromatic carbocycles. The highest BCUT2D eigenvalue weighted by Crippen LogP contribution is 2.45. The van der Waals surface area contributed by atoms with E-state index in [2.05, 4.69) is 0 Å². The molecule has 0 saturated carbocycles. The maximum absolute atomic E-state index is 12.4. The Bertz CT molecular complexity index is 837. The van der Waals surface area contributed by atoms with E-state index < -0.39 is 17.9 Å². The number of halogens is 3. The van der Waals surface area contributed by atoms with E-state index in [0.717, 1.165) is 0 Å². The second kappa shape index (κ2) is 13.1. The van der Waals surface area contributed by atoms with Gasteiger partial charge in [-0.2, -0.15) is 0 Å². The lowest BCUT2D eigenvalue weighted by molar-refractivity contribution is -0.133. The minimum absolute atomic E-state index is 0. The zero-order valence-corrected chi connectivity index (χ0v) is 21.4. The van der Waals surface area contributed by atoms with Crippen molar-refractivity contribution in [3.63, 3.8) is 0 Å². The average Bonchev–Trinajstić information content (AvgIpc) is 2.65.